The minimum absolute atomic E-state index is 0.0480. The number of benzene rings is 1. The van der Waals surface area contributed by atoms with Crippen LogP contribution in [0.3, 0.4) is 0 Å². The van der Waals surface area contributed by atoms with Gasteiger partial charge in [-0.3, -0.25) is 4.72 Å². The number of thiazole rings is 1. The van der Waals surface area contributed by atoms with Gasteiger partial charge in [-0.2, -0.15) is 0 Å². The van der Waals surface area contributed by atoms with Crippen molar-refractivity contribution in [1.82, 2.24) is 4.98 Å². The van der Waals surface area contributed by atoms with E-state index in [1.165, 1.54) is 18.3 Å². The number of nitrogens with zero attached hydrogens (tertiary/aromatic N) is 1. The van der Waals surface area contributed by atoms with Crippen molar-refractivity contribution in [2.45, 2.75) is 11.8 Å². The summed E-state index contributed by atoms with van der Waals surface area (Å²) in [6.07, 6.45) is 1.47. The summed E-state index contributed by atoms with van der Waals surface area (Å²) in [6, 6.07) is 3.94. The fourth-order valence-corrected chi connectivity index (χ4v) is 3.85. The zero-order valence-corrected chi connectivity index (χ0v) is 13.3. The maximum absolute atomic E-state index is 12.1. The van der Waals surface area contributed by atoms with E-state index in [-0.39, 0.29) is 15.6 Å². The molecule has 2 rings (SSSR count). The Balaban J connectivity index is 2.39. The molecule has 0 radical (unpaired) electrons. The number of aromatic carboxylic acids is 1. The first-order chi connectivity index (χ1) is 9.29. The Morgan fingerprint density at radius 3 is 2.70 bits per heavy atom. The molecule has 0 saturated carbocycles. The van der Waals surface area contributed by atoms with E-state index in [1.54, 1.807) is 6.92 Å². The number of rotatable bonds is 4. The molecule has 0 amide bonds. The molecule has 2 N–H and O–H groups in total. The van der Waals surface area contributed by atoms with E-state index in [9.17, 15) is 13.2 Å². The van der Waals surface area contributed by atoms with Crippen LogP contribution in [-0.4, -0.2) is 24.5 Å². The summed E-state index contributed by atoms with van der Waals surface area (Å²) in [7, 11) is -3.86. The lowest BCUT2D eigenvalue weighted by atomic mass is 10.1. The van der Waals surface area contributed by atoms with Crippen LogP contribution in [0.15, 0.2) is 33.1 Å². The van der Waals surface area contributed by atoms with Gasteiger partial charge in [-0.25, -0.2) is 18.2 Å². The monoisotopic (exact) mass is 376 g/mol. The predicted octanol–water partition coefficient (Wildman–Crippen LogP) is 2.71. The lowest BCUT2D eigenvalue weighted by Crippen LogP contribution is -2.14. The number of nitrogens with one attached hydrogen (secondary N) is 1. The van der Waals surface area contributed by atoms with Crippen LogP contribution in [0, 0.1) is 6.92 Å². The first-order valence-corrected chi connectivity index (χ1v) is 8.37. The van der Waals surface area contributed by atoms with Crippen LogP contribution in [0.5, 0.6) is 0 Å². The summed E-state index contributed by atoms with van der Waals surface area (Å²) in [5.41, 5.74) is 0.446. The molecule has 0 fully saturated rings. The van der Waals surface area contributed by atoms with Gasteiger partial charge < -0.3 is 5.11 Å². The third-order valence-electron chi connectivity index (χ3n) is 2.45. The Labute approximate surface area is 127 Å². The molecule has 0 saturated heterocycles. The Hall–Kier alpha value is -1.45. The Morgan fingerprint density at radius 1 is 1.45 bits per heavy atom. The Bertz CT molecular complexity index is 770. The average Bonchev–Trinajstić information content (AvgIpc) is 2.73. The van der Waals surface area contributed by atoms with Crippen LogP contribution >= 0.6 is 27.3 Å². The van der Waals surface area contributed by atoms with Gasteiger partial charge in [-0.1, -0.05) is 17.4 Å². The number of sulfonamides is 1. The molecular weight excluding hydrogens is 368 g/mol. The highest BCUT2D eigenvalue weighted by atomic mass is 79.9. The van der Waals surface area contributed by atoms with Crippen LogP contribution < -0.4 is 4.72 Å². The summed E-state index contributed by atoms with van der Waals surface area (Å²) in [5.74, 6) is -1.17. The van der Waals surface area contributed by atoms with Crippen molar-refractivity contribution in [3.05, 3.63) is 39.3 Å². The minimum atomic E-state index is -3.86. The van der Waals surface area contributed by atoms with Crippen molar-refractivity contribution in [3.63, 3.8) is 0 Å². The van der Waals surface area contributed by atoms with Gasteiger partial charge in [0, 0.05) is 0 Å². The van der Waals surface area contributed by atoms with Crippen molar-refractivity contribution >= 4 is 48.4 Å². The van der Waals surface area contributed by atoms with Gasteiger partial charge >= 0.3 is 5.97 Å². The highest BCUT2D eigenvalue weighted by Gasteiger charge is 2.19. The van der Waals surface area contributed by atoms with Gasteiger partial charge in [0.1, 0.15) is 0 Å². The predicted molar refractivity (Wildman–Crippen MR) is 78.8 cm³/mol. The first kappa shape index (κ1) is 14.9. The summed E-state index contributed by atoms with van der Waals surface area (Å²) >= 11 is 4.30. The normalized spacial score (nSPS) is 11.3. The number of anilines is 1. The van der Waals surface area contributed by atoms with Gasteiger partial charge in [-0.15, -0.1) is 0 Å². The summed E-state index contributed by atoms with van der Waals surface area (Å²) in [5, 5.41) is 9.22. The quantitative estimate of drug-likeness (QED) is 0.854. The third-order valence-corrected chi connectivity index (χ3v) is 5.31. The van der Waals surface area contributed by atoms with Gasteiger partial charge in [0.05, 0.1) is 20.4 Å². The summed E-state index contributed by atoms with van der Waals surface area (Å²) < 4.78 is 27.3. The van der Waals surface area contributed by atoms with E-state index in [1.807, 2.05) is 0 Å². The van der Waals surface area contributed by atoms with E-state index in [0.29, 0.717) is 9.35 Å². The molecule has 6 nitrogen and oxygen atoms in total. The van der Waals surface area contributed by atoms with Crippen LogP contribution in [0.4, 0.5) is 5.13 Å². The van der Waals surface area contributed by atoms with E-state index < -0.39 is 16.0 Å². The van der Waals surface area contributed by atoms with Crippen molar-refractivity contribution in [2.24, 2.45) is 0 Å². The van der Waals surface area contributed by atoms with Crippen LogP contribution in [0.2, 0.25) is 0 Å². The van der Waals surface area contributed by atoms with E-state index in [2.05, 4.69) is 25.6 Å². The standard InChI is InChI=1S/C11H9BrN2O4S2/c1-6-2-3-7(4-8(6)10(15)16)20(17,18)14-11-13-5-9(12)19-11/h2-5H,1H3,(H,13,14)(H,15,16). The van der Waals surface area contributed by atoms with Crippen LogP contribution in [-0.2, 0) is 10.0 Å². The molecule has 0 atom stereocenters. The van der Waals surface area contributed by atoms with E-state index in [4.69, 9.17) is 5.11 Å². The molecule has 9 heteroatoms. The topological polar surface area (TPSA) is 96.4 Å². The maximum Gasteiger partial charge on any atom is 0.335 e. The molecule has 0 aliphatic carbocycles. The largest absolute Gasteiger partial charge is 0.478 e. The molecule has 0 bridgehead atoms. The third kappa shape index (κ3) is 3.17. The van der Waals surface area contributed by atoms with Crippen molar-refractivity contribution in [1.29, 1.82) is 0 Å². The second kappa shape index (κ2) is 5.51. The average molecular weight is 377 g/mol. The molecule has 1 heterocycles. The molecule has 1 aromatic heterocycles. The molecular formula is C11H9BrN2O4S2. The SMILES string of the molecule is Cc1ccc(S(=O)(=O)Nc2ncc(Br)s2)cc1C(=O)O. The number of carbonyl (C=O) groups is 1. The molecule has 1 aromatic carbocycles. The molecule has 106 valence electrons. The number of hydrogen-bond acceptors (Lipinski definition) is 5. The Kier molecular flexibility index (Phi) is 4.11. The first-order valence-electron chi connectivity index (χ1n) is 5.28. The fourth-order valence-electron chi connectivity index (χ4n) is 1.47. The van der Waals surface area contributed by atoms with Crippen molar-refractivity contribution in [3.8, 4) is 0 Å². The lowest BCUT2D eigenvalue weighted by Gasteiger charge is -2.07. The second-order valence-corrected chi connectivity index (χ2v) is 7.95. The van der Waals surface area contributed by atoms with E-state index in [0.717, 1.165) is 17.4 Å². The molecule has 0 spiro atoms. The molecule has 0 aliphatic heterocycles. The number of halogens is 1. The zero-order chi connectivity index (χ0) is 14.9. The lowest BCUT2D eigenvalue weighted by molar-refractivity contribution is 0.0696. The van der Waals surface area contributed by atoms with Crippen molar-refractivity contribution in [2.75, 3.05) is 4.72 Å². The van der Waals surface area contributed by atoms with Gasteiger partial charge in [0.2, 0.25) is 0 Å². The molecule has 20 heavy (non-hydrogen) atoms. The highest BCUT2D eigenvalue weighted by Crippen LogP contribution is 2.26. The fraction of sp³-hybridized carbons (Fsp3) is 0.0909. The summed E-state index contributed by atoms with van der Waals surface area (Å²) in [4.78, 5) is 14.8. The Morgan fingerprint density at radius 2 is 2.15 bits per heavy atom. The number of aryl methyl sites for hydroxylation is 1. The van der Waals surface area contributed by atoms with Gasteiger partial charge in [0.25, 0.3) is 10.0 Å². The van der Waals surface area contributed by atoms with Crippen molar-refractivity contribution < 1.29 is 18.3 Å². The van der Waals surface area contributed by atoms with Gasteiger partial charge in [-0.05, 0) is 40.5 Å². The highest BCUT2D eigenvalue weighted by molar-refractivity contribution is 9.11. The molecule has 0 unspecified atom stereocenters. The van der Waals surface area contributed by atoms with E-state index >= 15 is 0 Å². The second-order valence-electron chi connectivity index (χ2n) is 3.86. The van der Waals surface area contributed by atoms with Gasteiger partial charge in [0.15, 0.2) is 5.13 Å². The smallest absolute Gasteiger partial charge is 0.335 e. The minimum Gasteiger partial charge on any atom is -0.478 e. The molecule has 2 aromatic rings. The molecule has 0 aliphatic rings. The zero-order valence-electron chi connectivity index (χ0n) is 10.1. The number of aromatic nitrogens is 1. The number of carboxylic acids is 1. The maximum atomic E-state index is 12.1. The summed E-state index contributed by atoms with van der Waals surface area (Å²) in [6.45, 7) is 1.60. The van der Waals surface area contributed by atoms with Crippen LogP contribution in [0.1, 0.15) is 15.9 Å². The number of carboxylic acid groups (broad SMARTS) is 1. The number of hydrogen-bond donors (Lipinski definition) is 2. The van der Waals surface area contributed by atoms with Crippen LogP contribution in [0.25, 0.3) is 0 Å².